The van der Waals surface area contributed by atoms with Gasteiger partial charge in [-0.3, -0.25) is 4.79 Å². The first-order valence-corrected chi connectivity index (χ1v) is 8.14. The van der Waals surface area contributed by atoms with Crippen molar-refractivity contribution in [3.05, 3.63) is 64.7 Å². The van der Waals surface area contributed by atoms with E-state index in [1.54, 1.807) is 24.3 Å². The van der Waals surface area contributed by atoms with Gasteiger partial charge in [-0.15, -0.1) is 0 Å². The maximum absolute atomic E-state index is 11.9. The minimum atomic E-state index is -0.376. The van der Waals surface area contributed by atoms with E-state index in [-0.39, 0.29) is 18.3 Å². The zero-order valence-corrected chi connectivity index (χ0v) is 14.8. The first-order chi connectivity index (χ1) is 12.0. The Morgan fingerprint density at radius 2 is 1.76 bits per heavy atom. The van der Waals surface area contributed by atoms with Crippen molar-refractivity contribution < 1.29 is 19.1 Å². The predicted molar refractivity (Wildman–Crippen MR) is 95.7 cm³/mol. The lowest BCUT2D eigenvalue weighted by Gasteiger charge is -2.11. The summed E-state index contributed by atoms with van der Waals surface area (Å²) in [5.74, 6) is 0.354. The fourth-order valence-corrected chi connectivity index (χ4v) is 2.30. The standard InChI is InChI=1S/C20H23NO4/c1-14-5-4-6-18(15(14)2)25-12-11-19(22)21-13-16-7-9-17(10-8-16)20(23)24-3/h4-10H,11-13H2,1-3H3,(H,21,22). The molecule has 5 nitrogen and oxygen atoms in total. The summed E-state index contributed by atoms with van der Waals surface area (Å²) in [6.07, 6.45) is 0.285. The average Bonchev–Trinajstić information content (AvgIpc) is 2.63. The molecule has 0 aromatic heterocycles. The molecule has 0 atom stereocenters. The number of hydrogen-bond acceptors (Lipinski definition) is 4. The summed E-state index contributed by atoms with van der Waals surface area (Å²) in [6.45, 7) is 4.77. The van der Waals surface area contributed by atoms with Gasteiger partial charge in [0.1, 0.15) is 5.75 Å². The second-order valence-corrected chi connectivity index (χ2v) is 5.76. The highest BCUT2D eigenvalue weighted by Gasteiger charge is 2.07. The summed E-state index contributed by atoms with van der Waals surface area (Å²) < 4.78 is 10.3. The predicted octanol–water partition coefficient (Wildman–Crippen LogP) is 3.18. The molecule has 0 heterocycles. The van der Waals surface area contributed by atoms with Crippen LogP contribution in [-0.2, 0) is 16.1 Å². The lowest BCUT2D eigenvalue weighted by Crippen LogP contribution is -2.24. The normalized spacial score (nSPS) is 10.2. The summed E-state index contributed by atoms with van der Waals surface area (Å²) in [4.78, 5) is 23.3. The van der Waals surface area contributed by atoms with Crippen LogP contribution in [0.3, 0.4) is 0 Å². The van der Waals surface area contributed by atoms with E-state index in [2.05, 4.69) is 10.1 Å². The number of carbonyl (C=O) groups is 2. The summed E-state index contributed by atoms with van der Waals surface area (Å²) in [7, 11) is 1.34. The number of methoxy groups -OCH3 is 1. The van der Waals surface area contributed by atoms with Gasteiger partial charge in [-0.25, -0.2) is 4.79 Å². The summed E-state index contributed by atoms with van der Waals surface area (Å²) in [5.41, 5.74) is 3.65. The lowest BCUT2D eigenvalue weighted by molar-refractivity contribution is -0.121. The topological polar surface area (TPSA) is 64.6 Å². The van der Waals surface area contributed by atoms with E-state index in [9.17, 15) is 9.59 Å². The van der Waals surface area contributed by atoms with E-state index >= 15 is 0 Å². The Balaban J connectivity index is 1.75. The molecule has 0 aliphatic heterocycles. The lowest BCUT2D eigenvalue weighted by atomic mass is 10.1. The quantitative estimate of drug-likeness (QED) is 0.786. The molecular weight excluding hydrogens is 318 g/mol. The summed E-state index contributed by atoms with van der Waals surface area (Å²) in [6, 6.07) is 12.8. The molecule has 1 N–H and O–H groups in total. The van der Waals surface area contributed by atoms with Crippen molar-refractivity contribution >= 4 is 11.9 Å². The van der Waals surface area contributed by atoms with Gasteiger partial charge in [0.25, 0.3) is 0 Å². The Labute approximate surface area is 148 Å². The number of amides is 1. The zero-order chi connectivity index (χ0) is 18.2. The average molecular weight is 341 g/mol. The molecule has 0 radical (unpaired) electrons. The van der Waals surface area contributed by atoms with E-state index in [0.717, 1.165) is 22.4 Å². The Kier molecular flexibility index (Phi) is 6.57. The van der Waals surface area contributed by atoms with E-state index in [1.807, 2.05) is 32.0 Å². The Hall–Kier alpha value is -2.82. The van der Waals surface area contributed by atoms with Crippen molar-refractivity contribution in [3.8, 4) is 5.75 Å². The molecule has 2 aromatic carbocycles. The molecule has 0 fully saturated rings. The maximum atomic E-state index is 11.9. The van der Waals surface area contributed by atoms with E-state index in [1.165, 1.54) is 7.11 Å². The van der Waals surface area contributed by atoms with Crippen LogP contribution in [0, 0.1) is 13.8 Å². The highest BCUT2D eigenvalue weighted by atomic mass is 16.5. The van der Waals surface area contributed by atoms with Gasteiger partial charge in [-0.2, -0.15) is 0 Å². The fraction of sp³-hybridized carbons (Fsp3) is 0.300. The molecule has 0 aliphatic rings. The van der Waals surface area contributed by atoms with Crippen LogP contribution in [0.5, 0.6) is 5.75 Å². The first-order valence-electron chi connectivity index (χ1n) is 8.14. The fourth-order valence-electron chi connectivity index (χ4n) is 2.30. The minimum Gasteiger partial charge on any atom is -0.493 e. The molecule has 0 bridgehead atoms. The van der Waals surface area contributed by atoms with Gasteiger partial charge < -0.3 is 14.8 Å². The van der Waals surface area contributed by atoms with Crippen molar-refractivity contribution in [2.24, 2.45) is 0 Å². The number of rotatable bonds is 7. The van der Waals surface area contributed by atoms with E-state index in [4.69, 9.17) is 4.74 Å². The van der Waals surface area contributed by atoms with Gasteiger partial charge >= 0.3 is 5.97 Å². The van der Waals surface area contributed by atoms with Gasteiger partial charge in [0.05, 0.1) is 25.7 Å². The third-order valence-corrected chi connectivity index (χ3v) is 4.01. The van der Waals surface area contributed by atoms with Crippen LogP contribution >= 0.6 is 0 Å². The van der Waals surface area contributed by atoms with Gasteiger partial charge in [-0.05, 0) is 48.7 Å². The molecule has 132 valence electrons. The highest BCUT2D eigenvalue weighted by molar-refractivity contribution is 5.89. The molecule has 0 saturated heterocycles. The van der Waals surface area contributed by atoms with Crippen LogP contribution in [0.1, 0.15) is 33.5 Å². The Morgan fingerprint density at radius 1 is 1.04 bits per heavy atom. The molecular formula is C20H23NO4. The largest absolute Gasteiger partial charge is 0.493 e. The van der Waals surface area contributed by atoms with E-state index < -0.39 is 0 Å². The number of esters is 1. The van der Waals surface area contributed by atoms with Crippen LogP contribution in [0.15, 0.2) is 42.5 Å². The Morgan fingerprint density at radius 3 is 2.44 bits per heavy atom. The van der Waals surface area contributed by atoms with Crippen LogP contribution in [0.25, 0.3) is 0 Å². The van der Waals surface area contributed by atoms with E-state index in [0.29, 0.717) is 18.7 Å². The van der Waals surface area contributed by atoms with Crippen molar-refractivity contribution in [2.45, 2.75) is 26.8 Å². The number of carbonyl (C=O) groups excluding carboxylic acids is 2. The maximum Gasteiger partial charge on any atom is 0.337 e. The van der Waals surface area contributed by atoms with Crippen LogP contribution in [-0.4, -0.2) is 25.6 Å². The molecule has 2 aromatic rings. The number of nitrogens with one attached hydrogen (secondary N) is 1. The van der Waals surface area contributed by atoms with Crippen molar-refractivity contribution in [1.29, 1.82) is 0 Å². The molecule has 5 heteroatoms. The molecule has 0 saturated carbocycles. The summed E-state index contributed by atoms with van der Waals surface area (Å²) in [5, 5.41) is 2.84. The molecule has 0 unspecified atom stereocenters. The highest BCUT2D eigenvalue weighted by Crippen LogP contribution is 2.20. The smallest absolute Gasteiger partial charge is 0.337 e. The molecule has 0 aliphatic carbocycles. The van der Waals surface area contributed by atoms with Gasteiger partial charge in [0, 0.05) is 6.54 Å². The molecule has 1 amide bonds. The number of hydrogen-bond donors (Lipinski definition) is 1. The molecule has 0 spiro atoms. The van der Waals surface area contributed by atoms with Crippen LogP contribution < -0.4 is 10.1 Å². The first kappa shape index (κ1) is 18.5. The van der Waals surface area contributed by atoms with Gasteiger partial charge in [0.15, 0.2) is 0 Å². The second kappa shape index (κ2) is 8.87. The number of aryl methyl sites for hydroxylation is 1. The second-order valence-electron chi connectivity index (χ2n) is 5.76. The van der Waals surface area contributed by atoms with Crippen molar-refractivity contribution in [1.82, 2.24) is 5.32 Å². The summed E-state index contributed by atoms with van der Waals surface area (Å²) >= 11 is 0. The van der Waals surface area contributed by atoms with Crippen molar-refractivity contribution in [2.75, 3.05) is 13.7 Å². The van der Waals surface area contributed by atoms with Crippen molar-refractivity contribution in [3.63, 3.8) is 0 Å². The van der Waals surface area contributed by atoms with Gasteiger partial charge in [-0.1, -0.05) is 24.3 Å². The molecule has 25 heavy (non-hydrogen) atoms. The number of benzene rings is 2. The van der Waals surface area contributed by atoms with Crippen LogP contribution in [0.2, 0.25) is 0 Å². The Bertz CT molecular complexity index is 738. The van der Waals surface area contributed by atoms with Gasteiger partial charge in [0.2, 0.25) is 5.91 Å². The third-order valence-electron chi connectivity index (χ3n) is 4.01. The monoisotopic (exact) mass is 341 g/mol. The minimum absolute atomic E-state index is 0.0812. The zero-order valence-electron chi connectivity index (χ0n) is 14.8. The SMILES string of the molecule is COC(=O)c1ccc(CNC(=O)CCOc2cccc(C)c2C)cc1. The number of ether oxygens (including phenoxy) is 2. The molecule has 2 rings (SSSR count). The third kappa shape index (κ3) is 5.35. The van der Waals surface area contributed by atoms with Crippen LogP contribution in [0.4, 0.5) is 0 Å².